The van der Waals surface area contributed by atoms with Crippen LogP contribution in [0.25, 0.3) is 34.3 Å². The van der Waals surface area contributed by atoms with Gasteiger partial charge >= 0.3 is 5.97 Å². The van der Waals surface area contributed by atoms with Crippen LogP contribution < -0.4 is 14.9 Å². The summed E-state index contributed by atoms with van der Waals surface area (Å²) in [5.41, 5.74) is 6.01. The van der Waals surface area contributed by atoms with E-state index in [2.05, 4.69) is 4.57 Å². The van der Waals surface area contributed by atoms with E-state index in [0.29, 0.717) is 31.3 Å². The lowest BCUT2D eigenvalue weighted by atomic mass is 9.96. The van der Waals surface area contributed by atoms with Crippen molar-refractivity contribution < 1.29 is 14.5 Å². The number of benzene rings is 4. The highest BCUT2D eigenvalue weighted by atomic mass is 35.5. The number of halogens is 1. The number of nitro groups is 1. The Morgan fingerprint density at radius 1 is 0.960 bits per heavy atom. The van der Waals surface area contributed by atoms with Crippen LogP contribution in [0.3, 0.4) is 0 Å². The van der Waals surface area contributed by atoms with Crippen LogP contribution >= 0.6 is 22.9 Å². The van der Waals surface area contributed by atoms with Crippen LogP contribution in [0.2, 0.25) is 5.02 Å². The molecule has 4 aromatic carbocycles. The summed E-state index contributed by atoms with van der Waals surface area (Å²) in [4.78, 5) is 44.1. The van der Waals surface area contributed by atoms with Crippen molar-refractivity contribution in [2.45, 2.75) is 19.9 Å². The van der Waals surface area contributed by atoms with E-state index < -0.39 is 16.9 Å². The molecule has 0 spiro atoms. The molecule has 0 N–H and O–H groups in total. The summed E-state index contributed by atoms with van der Waals surface area (Å²) in [5, 5.41) is 12.0. The molecule has 0 unspecified atom stereocenters. The van der Waals surface area contributed by atoms with Gasteiger partial charge in [0, 0.05) is 28.4 Å². The average molecular weight is 701 g/mol. The van der Waals surface area contributed by atoms with Crippen molar-refractivity contribution in [2.24, 2.45) is 4.99 Å². The second kappa shape index (κ2) is 13.6. The number of nitro benzene ring substituents is 1. The SMILES string of the molecule is CCOC(=O)C1=C(C)N=c2s/c(=C\c3cc(-c4ccccc4)n(-c4ccc([N+](=O)[O-])cc4)c3-c3ccccc3)c(=O)n2[C@@H]1c1ccc(Cl)cc1. The number of non-ortho nitro benzene ring substituents is 1. The number of allylic oxidation sites excluding steroid dienone is 1. The van der Waals surface area contributed by atoms with E-state index in [4.69, 9.17) is 21.3 Å². The number of rotatable bonds is 8. The van der Waals surface area contributed by atoms with E-state index >= 15 is 0 Å². The number of carbonyl (C=O) groups is 1. The zero-order valence-electron chi connectivity index (χ0n) is 26.9. The van der Waals surface area contributed by atoms with Crippen molar-refractivity contribution in [3.63, 3.8) is 0 Å². The van der Waals surface area contributed by atoms with Crippen LogP contribution in [0.1, 0.15) is 31.0 Å². The first-order valence-corrected chi connectivity index (χ1v) is 17.0. The molecule has 0 fully saturated rings. The molecule has 0 bridgehead atoms. The Kier molecular flexibility index (Phi) is 8.88. The van der Waals surface area contributed by atoms with Crippen molar-refractivity contribution in [1.29, 1.82) is 0 Å². The number of thiazole rings is 1. The Morgan fingerprint density at radius 2 is 1.60 bits per heavy atom. The lowest BCUT2D eigenvalue weighted by Crippen LogP contribution is -2.39. The first-order valence-electron chi connectivity index (χ1n) is 15.8. The fourth-order valence-electron chi connectivity index (χ4n) is 6.24. The van der Waals surface area contributed by atoms with Crippen molar-refractivity contribution in [1.82, 2.24) is 9.13 Å². The van der Waals surface area contributed by atoms with Crippen molar-refractivity contribution >= 4 is 40.7 Å². The van der Waals surface area contributed by atoms with E-state index in [9.17, 15) is 19.7 Å². The summed E-state index contributed by atoms with van der Waals surface area (Å²) in [7, 11) is 0. The van der Waals surface area contributed by atoms with Crippen LogP contribution in [0.4, 0.5) is 5.69 Å². The predicted octanol–water partition coefficient (Wildman–Crippen LogP) is 7.48. The number of ether oxygens (including phenoxy) is 1. The first-order chi connectivity index (χ1) is 24.2. The van der Waals surface area contributed by atoms with Crippen molar-refractivity contribution in [3.05, 3.63) is 172 Å². The third-order valence-electron chi connectivity index (χ3n) is 8.46. The third kappa shape index (κ3) is 5.99. The lowest BCUT2D eigenvalue weighted by molar-refractivity contribution is -0.384. The highest BCUT2D eigenvalue weighted by molar-refractivity contribution is 7.07. The molecule has 0 saturated heterocycles. The summed E-state index contributed by atoms with van der Waals surface area (Å²) in [6.07, 6.45) is 1.85. The molecule has 3 heterocycles. The largest absolute Gasteiger partial charge is 0.463 e. The Balaban J connectivity index is 1.50. The Hall–Kier alpha value is -5.84. The van der Waals surface area contributed by atoms with Crippen molar-refractivity contribution in [3.8, 4) is 28.2 Å². The van der Waals surface area contributed by atoms with Crippen molar-refractivity contribution in [2.75, 3.05) is 6.61 Å². The van der Waals surface area contributed by atoms with E-state index in [1.807, 2.05) is 72.8 Å². The highest BCUT2D eigenvalue weighted by Gasteiger charge is 2.33. The summed E-state index contributed by atoms with van der Waals surface area (Å²) < 4.78 is 9.44. The maximum atomic E-state index is 14.5. The minimum absolute atomic E-state index is 0.0162. The Labute approximate surface area is 295 Å². The number of carbonyl (C=O) groups excluding carboxylic acids is 1. The van der Waals surface area contributed by atoms with Gasteiger partial charge in [-0.05, 0) is 66.9 Å². The van der Waals surface area contributed by atoms with Gasteiger partial charge in [-0.2, -0.15) is 0 Å². The van der Waals surface area contributed by atoms with Crippen LogP contribution in [-0.4, -0.2) is 26.6 Å². The number of aromatic nitrogens is 2. The van der Waals surface area contributed by atoms with E-state index in [1.165, 1.54) is 23.5 Å². The average Bonchev–Trinajstić information content (AvgIpc) is 3.65. The second-order valence-electron chi connectivity index (χ2n) is 11.5. The third-order valence-corrected chi connectivity index (χ3v) is 9.69. The molecule has 0 amide bonds. The molecular formula is C39H29ClN4O5S. The molecule has 7 rings (SSSR count). The van der Waals surface area contributed by atoms with Gasteiger partial charge in [-0.1, -0.05) is 95.7 Å². The quantitative estimate of drug-likeness (QED) is 0.0929. The number of fused-ring (bicyclic) bond motifs is 1. The van der Waals surface area contributed by atoms with Gasteiger partial charge in [0.25, 0.3) is 11.2 Å². The molecule has 6 aromatic rings. The van der Waals surface area contributed by atoms with Gasteiger partial charge in [0.1, 0.15) is 0 Å². The zero-order valence-corrected chi connectivity index (χ0v) is 28.5. The molecule has 1 aliphatic rings. The highest BCUT2D eigenvalue weighted by Crippen LogP contribution is 2.37. The predicted molar refractivity (Wildman–Crippen MR) is 195 cm³/mol. The fraction of sp³-hybridized carbons (Fsp3) is 0.103. The molecule has 2 aromatic heterocycles. The number of hydrogen-bond acceptors (Lipinski definition) is 7. The van der Waals surface area contributed by atoms with E-state index in [0.717, 1.165) is 28.1 Å². The molecule has 11 heteroatoms. The summed E-state index contributed by atoms with van der Waals surface area (Å²) >= 11 is 7.46. The van der Waals surface area contributed by atoms with Gasteiger partial charge in [0.2, 0.25) is 0 Å². The fourth-order valence-corrected chi connectivity index (χ4v) is 7.40. The summed E-state index contributed by atoms with van der Waals surface area (Å²) in [6.45, 7) is 3.65. The molecule has 9 nitrogen and oxygen atoms in total. The van der Waals surface area contributed by atoms with Gasteiger partial charge in [-0.25, -0.2) is 9.79 Å². The summed E-state index contributed by atoms with van der Waals surface area (Å²) in [5.74, 6) is -0.540. The molecule has 248 valence electrons. The minimum atomic E-state index is -0.775. The van der Waals surface area contributed by atoms with Gasteiger partial charge < -0.3 is 9.30 Å². The molecule has 0 saturated carbocycles. The van der Waals surface area contributed by atoms with Gasteiger partial charge in [0.15, 0.2) is 4.80 Å². The van der Waals surface area contributed by atoms with Gasteiger partial charge in [-0.3, -0.25) is 19.5 Å². The van der Waals surface area contributed by atoms with Gasteiger partial charge in [0.05, 0.1) is 44.8 Å². The van der Waals surface area contributed by atoms with Crippen LogP contribution in [0.15, 0.2) is 136 Å². The first kappa shape index (κ1) is 32.7. The molecule has 0 aliphatic carbocycles. The maximum absolute atomic E-state index is 14.5. The molecule has 50 heavy (non-hydrogen) atoms. The summed E-state index contributed by atoms with van der Waals surface area (Å²) in [6, 6.07) is 34.3. The number of esters is 1. The molecule has 1 aliphatic heterocycles. The topological polar surface area (TPSA) is 109 Å². The minimum Gasteiger partial charge on any atom is -0.463 e. The monoisotopic (exact) mass is 700 g/mol. The number of hydrogen-bond donors (Lipinski definition) is 0. The van der Waals surface area contributed by atoms with Gasteiger partial charge in [-0.15, -0.1) is 0 Å². The van der Waals surface area contributed by atoms with Crippen LogP contribution in [0.5, 0.6) is 0 Å². The van der Waals surface area contributed by atoms with Crippen LogP contribution in [-0.2, 0) is 9.53 Å². The Bertz CT molecular complexity index is 2470. The lowest BCUT2D eigenvalue weighted by Gasteiger charge is -2.24. The maximum Gasteiger partial charge on any atom is 0.338 e. The molecular weight excluding hydrogens is 672 g/mol. The number of nitrogens with zero attached hydrogens (tertiary/aromatic N) is 4. The Morgan fingerprint density at radius 3 is 2.22 bits per heavy atom. The van der Waals surface area contributed by atoms with Crippen LogP contribution in [0, 0.1) is 10.1 Å². The van der Waals surface area contributed by atoms with E-state index in [-0.39, 0.29) is 23.4 Å². The standard InChI is InChI=1S/C39H29ClN4O5S/c1-3-49-38(46)34-24(2)41-39-43(36(34)27-14-16-29(40)17-15-27)37(45)33(50-39)23-28-22-32(25-10-6-4-7-11-25)42(35(28)26-12-8-5-9-13-26)30-18-20-31(21-19-30)44(47)48/h4-23,36H,3H2,1-2H3/b33-23-/t36-/m1/s1. The smallest absolute Gasteiger partial charge is 0.338 e. The zero-order chi connectivity index (χ0) is 34.9. The molecule has 0 radical (unpaired) electrons. The second-order valence-corrected chi connectivity index (χ2v) is 13.0. The molecule has 1 atom stereocenters. The normalized spacial score (nSPS) is 14.3. The van der Waals surface area contributed by atoms with E-state index in [1.54, 1.807) is 54.8 Å².